The van der Waals surface area contributed by atoms with Gasteiger partial charge in [-0.05, 0) is 32.0 Å². The van der Waals surface area contributed by atoms with Gasteiger partial charge in [0.05, 0.1) is 15.7 Å². The number of nitrogens with two attached hydrogens (primary N) is 1. The van der Waals surface area contributed by atoms with Crippen molar-refractivity contribution in [1.82, 2.24) is 10.6 Å². The van der Waals surface area contributed by atoms with Crippen molar-refractivity contribution in [3.05, 3.63) is 23.2 Å². The number of hydrogen-bond donors (Lipinski definition) is 3. The zero-order valence-electron chi connectivity index (χ0n) is 11.1. The van der Waals surface area contributed by atoms with E-state index in [1.165, 1.54) is 19.1 Å². The lowest BCUT2D eigenvalue weighted by molar-refractivity contribution is -0.119. The smallest absolute Gasteiger partial charge is 0.321 e. The molecule has 0 saturated heterocycles. The van der Waals surface area contributed by atoms with Crippen molar-refractivity contribution in [2.24, 2.45) is 0 Å². The molecular weight excluding hydrogens is 302 g/mol. The third kappa shape index (κ3) is 4.21. The van der Waals surface area contributed by atoms with Gasteiger partial charge in [0.2, 0.25) is 5.91 Å². The van der Waals surface area contributed by atoms with Gasteiger partial charge >= 0.3 is 6.03 Å². The molecule has 0 spiro atoms. The molecule has 20 heavy (non-hydrogen) atoms. The molecule has 0 saturated carbocycles. The van der Waals surface area contributed by atoms with Crippen LogP contribution in [0.5, 0.6) is 0 Å². The summed E-state index contributed by atoms with van der Waals surface area (Å²) in [5.41, 5.74) is 6.00. The van der Waals surface area contributed by atoms with Gasteiger partial charge in [-0.15, -0.1) is 0 Å². The van der Waals surface area contributed by atoms with Crippen LogP contribution in [0.4, 0.5) is 10.5 Å². The Morgan fingerprint density at radius 2 is 2.10 bits per heavy atom. The minimum atomic E-state index is -1.70. The summed E-state index contributed by atoms with van der Waals surface area (Å²) in [5, 5.41) is 3.97. The molecule has 0 fully saturated rings. The molecule has 1 aromatic rings. The van der Waals surface area contributed by atoms with Crippen molar-refractivity contribution in [3.8, 4) is 0 Å². The lowest BCUT2D eigenvalue weighted by Gasteiger charge is -2.13. The molecule has 1 aromatic carbocycles. The van der Waals surface area contributed by atoms with Crippen LogP contribution in [0.25, 0.3) is 0 Å². The number of imide groups is 1. The molecular formula is C12H16ClN3O3S. The van der Waals surface area contributed by atoms with Gasteiger partial charge in [-0.2, -0.15) is 0 Å². The minimum absolute atomic E-state index is 0.274. The van der Waals surface area contributed by atoms with E-state index in [0.29, 0.717) is 11.6 Å². The highest BCUT2D eigenvalue weighted by atomic mass is 35.5. The fourth-order valence-electron chi connectivity index (χ4n) is 1.39. The first-order valence-corrected chi connectivity index (χ1v) is 7.50. The second kappa shape index (κ2) is 7.25. The summed E-state index contributed by atoms with van der Waals surface area (Å²) in [6, 6.07) is 3.91. The molecule has 0 aromatic heterocycles. The second-order valence-electron chi connectivity index (χ2n) is 3.97. The van der Waals surface area contributed by atoms with E-state index in [4.69, 9.17) is 17.3 Å². The van der Waals surface area contributed by atoms with Crippen molar-refractivity contribution in [2.45, 2.75) is 24.0 Å². The van der Waals surface area contributed by atoms with E-state index < -0.39 is 28.0 Å². The first-order chi connectivity index (χ1) is 9.36. The van der Waals surface area contributed by atoms with Gasteiger partial charge in [0, 0.05) is 17.3 Å². The van der Waals surface area contributed by atoms with E-state index in [1.54, 1.807) is 13.0 Å². The average Bonchev–Trinajstić information content (AvgIpc) is 2.40. The summed E-state index contributed by atoms with van der Waals surface area (Å²) in [4.78, 5) is 23.3. The Kier molecular flexibility index (Phi) is 5.97. The third-order valence-corrected chi connectivity index (χ3v) is 4.34. The Morgan fingerprint density at radius 1 is 1.45 bits per heavy atom. The minimum Gasteiger partial charge on any atom is -0.398 e. The van der Waals surface area contributed by atoms with Crippen LogP contribution >= 0.6 is 11.6 Å². The van der Waals surface area contributed by atoms with E-state index in [0.717, 1.165) is 0 Å². The largest absolute Gasteiger partial charge is 0.398 e. The van der Waals surface area contributed by atoms with Crippen LogP contribution in [0.1, 0.15) is 13.8 Å². The first kappa shape index (κ1) is 16.5. The van der Waals surface area contributed by atoms with Crippen LogP contribution in [0.2, 0.25) is 5.02 Å². The number of anilines is 1. The number of carbonyl (C=O) groups excluding carboxylic acids is 2. The molecule has 0 aliphatic carbocycles. The van der Waals surface area contributed by atoms with Gasteiger partial charge < -0.3 is 11.1 Å². The molecule has 6 nitrogen and oxygen atoms in total. The summed E-state index contributed by atoms with van der Waals surface area (Å²) in [7, 11) is -1.70. The highest BCUT2D eigenvalue weighted by Crippen LogP contribution is 2.23. The Morgan fingerprint density at radius 3 is 2.70 bits per heavy atom. The number of urea groups is 1. The molecule has 0 heterocycles. The first-order valence-electron chi connectivity index (χ1n) is 5.91. The second-order valence-corrected chi connectivity index (χ2v) is 6.15. The predicted octanol–water partition coefficient (Wildman–Crippen LogP) is 1.26. The number of hydrogen-bond acceptors (Lipinski definition) is 4. The number of carbonyl (C=O) groups is 2. The molecule has 2 unspecified atom stereocenters. The maximum atomic E-state index is 12.3. The van der Waals surface area contributed by atoms with Gasteiger partial charge in [0.25, 0.3) is 0 Å². The molecule has 3 amide bonds. The van der Waals surface area contributed by atoms with E-state index in [2.05, 4.69) is 10.6 Å². The van der Waals surface area contributed by atoms with Crippen molar-refractivity contribution in [1.29, 1.82) is 0 Å². The highest BCUT2D eigenvalue weighted by molar-refractivity contribution is 7.86. The van der Waals surface area contributed by atoms with Gasteiger partial charge in [-0.3, -0.25) is 14.3 Å². The molecule has 4 N–H and O–H groups in total. The van der Waals surface area contributed by atoms with Gasteiger partial charge in [0.1, 0.15) is 5.25 Å². The van der Waals surface area contributed by atoms with Crippen LogP contribution < -0.4 is 16.4 Å². The normalized spacial score (nSPS) is 13.3. The van der Waals surface area contributed by atoms with E-state index >= 15 is 0 Å². The van der Waals surface area contributed by atoms with Crippen LogP contribution in [0, 0.1) is 0 Å². The average molecular weight is 318 g/mol. The number of halogens is 1. The molecule has 0 aliphatic rings. The van der Waals surface area contributed by atoms with Gasteiger partial charge in [-0.1, -0.05) is 11.6 Å². The molecule has 8 heteroatoms. The number of rotatable bonds is 4. The summed E-state index contributed by atoms with van der Waals surface area (Å²) < 4.78 is 12.3. The number of amides is 3. The van der Waals surface area contributed by atoms with Crippen LogP contribution in [0.3, 0.4) is 0 Å². The third-order valence-electron chi connectivity index (χ3n) is 2.46. The Bertz CT molecular complexity index is 551. The lowest BCUT2D eigenvalue weighted by Crippen LogP contribution is -2.44. The monoisotopic (exact) mass is 317 g/mol. The van der Waals surface area contributed by atoms with Crippen molar-refractivity contribution < 1.29 is 13.8 Å². The van der Waals surface area contributed by atoms with Crippen molar-refractivity contribution in [2.75, 3.05) is 12.3 Å². The Hall–Kier alpha value is -1.60. The summed E-state index contributed by atoms with van der Waals surface area (Å²) in [6.45, 7) is 3.56. The SMILES string of the molecule is CCNC(=O)NC(=O)C(C)S(=O)c1cc(Cl)ccc1N. The Labute approximate surface area is 124 Å². The predicted molar refractivity (Wildman–Crippen MR) is 79.0 cm³/mol. The molecule has 2 atom stereocenters. The molecule has 110 valence electrons. The fourth-order valence-corrected chi connectivity index (χ4v) is 2.80. The zero-order valence-corrected chi connectivity index (χ0v) is 12.7. The summed E-state index contributed by atoms with van der Waals surface area (Å²) >= 11 is 5.82. The number of nitrogens with one attached hydrogen (secondary N) is 2. The molecule has 0 aliphatic heterocycles. The summed E-state index contributed by atoms with van der Waals surface area (Å²) in [6.07, 6.45) is 0. The standard InChI is InChI=1S/C12H16ClN3O3S/c1-3-15-12(18)16-11(17)7(2)20(19)10-6-8(13)4-5-9(10)14/h4-7H,3,14H2,1-2H3,(H2,15,16,17,18). The lowest BCUT2D eigenvalue weighted by atomic mass is 10.3. The maximum Gasteiger partial charge on any atom is 0.321 e. The highest BCUT2D eigenvalue weighted by Gasteiger charge is 2.24. The van der Waals surface area contributed by atoms with Crippen molar-refractivity contribution in [3.63, 3.8) is 0 Å². The number of nitrogen functional groups attached to an aromatic ring is 1. The zero-order chi connectivity index (χ0) is 15.3. The fraction of sp³-hybridized carbons (Fsp3) is 0.333. The van der Waals surface area contributed by atoms with Gasteiger partial charge in [0.15, 0.2) is 0 Å². The summed E-state index contributed by atoms with van der Waals surface area (Å²) in [5.74, 6) is -0.645. The van der Waals surface area contributed by atoms with Crippen LogP contribution in [-0.4, -0.2) is 27.9 Å². The van der Waals surface area contributed by atoms with Crippen LogP contribution in [-0.2, 0) is 15.6 Å². The molecule has 1 rings (SSSR count). The van der Waals surface area contributed by atoms with Gasteiger partial charge in [-0.25, -0.2) is 4.79 Å². The van der Waals surface area contributed by atoms with Crippen molar-refractivity contribution >= 4 is 40.0 Å². The molecule has 0 bridgehead atoms. The molecule has 0 radical (unpaired) electrons. The van der Waals surface area contributed by atoms with E-state index in [-0.39, 0.29) is 10.6 Å². The quantitative estimate of drug-likeness (QED) is 0.728. The Balaban J connectivity index is 2.83. The van der Waals surface area contributed by atoms with E-state index in [1.807, 2.05) is 0 Å². The van der Waals surface area contributed by atoms with Crippen LogP contribution in [0.15, 0.2) is 23.1 Å². The van der Waals surface area contributed by atoms with E-state index in [9.17, 15) is 13.8 Å². The number of benzene rings is 1. The maximum absolute atomic E-state index is 12.3. The topological polar surface area (TPSA) is 101 Å².